The van der Waals surface area contributed by atoms with Crippen molar-refractivity contribution in [2.75, 3.05) is 23.7 Å². The number of ether oxygens (including phenoxy) is 2. The summed E-state index contributed by atoms with van der Waals surface area (Å²) in [5.74, 6) is 4.78. The second-order valence-electron chi connectivity index (χ2n) is 17.7. The van der Waals surface area contributed by atoms with E-state index >= 15 is 0 Å². The number of likely N-dealkylation sites (tertiary alicyclic amines) is 2. The number of anilines is 2. The minimum absolute atomic E-state index is 0.334. The molecule has 0 bridgehead atoms. The molecule has 64 heavy (non-hydrogen) atoms. The van der Waals surface area contributed by atoms with Crippen molar-refractivity contribution in [1.29, 1.82) is 0 Å². The van der Waals surface area contributed by atoms with Gasteiger partial charge in [-0.25, -0.2) is 9.59 Å². The van der Waals surface area contributed by atoms with Gasteiger partial charge >= 0.3 is 12.2 Å². The zero-order chi connectivity index (χ0) is 46.0. The Kier molecular flexibility index (Phi) is 14.8. The molecular weight excluding hydrogens is 813 g/mol. The largest absolute Gasteiger partial charge is 0.444 e. The molecule has 0 unspecified atom stereocenters. The molecule has 14 nitrogen and oxygen atoms in total. The zero-order valence-electron chi connectivity index (χ0n) is 37.1. The van der Waals surface area contributed by atoms with Crippen LogP contribution in [0.25, 0.3) is 0 Å². The van der Waals surface area contributed by atoms with Crippen LogP contribution in [0.5, 0.6) is 0 Å². The van der Waals surface area contributed by atoms with Gasteiger partial charge in [0.15, 0.2) is 0 Å². The van der Waals surface area contributed by atoms with Gasteiger partial charge in [-0.05, 0) is 127 Å². The van der Waals surface area contributed by atoms with E-state index in [1.807, 2.05) is 12.1 Å². The second kappa shape index (κ2) is 20.4. The third kappa shape index (κ3) is 12.7. The van der Waals surface area contributed by atoms with E-state index in [1.54, 1.807) is 139 Å². The maximum atomic E-state index is 13.9. The van der Waals surface area contributed by atoms with E-state index in [2.05, 4.69) is 33.1 Å². The number of carbonyl (C=O) groups is 6. The van der Waals surface area contributed by atoms with Gasteiger partial charge in [-0.2, -0.15) is 0 Å². The van der Waals surface area contributed by atoms with Crippen LogP contribution in [-0.4, -0.2) is 82.0 Å². The number of rotatable bonds is 10. The predicted molar refractivity (Wildman–Crippen MR) is 243 cm³/mol. The Labute approximate surface area is 374 Å². The average Bonchev–Trinajstić information content (AvgIpc) is 3.96. The van der Waals surface area contributed by atoms with Crippen LogP contribution in [0.3, 0.4) is 0 Å². The molecule has 0 spiro atoms. The summed E-state index contributed by atoms with van der Waals surface area (Å²) in [5.41, 5.74) is 2.12. The molecule has 2 saturated heterocycles. The summed E-state index contributed by atoms with van der Waals surface area (Å²) < 4.78 is 10.9. The number of nitrogens with zero attached hydrogens (tertiary/aromatic N) is 2. The molecule has 2 aliphatic heterocycles. The van der Waals surface area contributed by atoms with Crippen molar-refractivity contribution in [2.45, 2.75) is 103 Å². The molecule has 0 aliphatic carbocycles. The molecule has 0 aromatic heterocycles. The van der Waals surface area contributed by atoms with Gasteiger partial charge in [0, 0.05) is 35.6 Å². The Morgan fingerprint density at radius 1 is 0.531 bits per heavy atom. The molecular formula is C50H56N6O8. The van der Waals surface area contributed by atoms with Crippen molar-refractivity contribution >= 4 is 47.2 Å². The van der Waals surface area contributed by atoms with Crippen molar-refractivity contribution < 1.29 is 38.2 Å². The smallest absolute Gasteiger partial charge is 0.408 e. The van der Waals surface area contributed by atoms with Crippen LogP contribution in [0.2, 0.25) is 0 Å². The molecule has 4 atom stereocenters. The fourth-order valence-corrected chi connectivity index (χ4v) is 7.52. The van der Waals surface area contributed by atoms with Gasteiger partial charge in [-0.15, -0.1) is 0 Å². The molecule has 14 heteroatoms. The molecule has 4 N–H and O–H groups in total. The third-order valence-corrected chi connectivity index (χ3v) is 10.4. The quantitative estimate of drug-likeness (QED) is 0.119. The van der Waals surface area contributed by atoms with Crippen molar-refractivity contribution in [2.24, 2.45) is 0 Å². The number of carbonyl (C=O) groups excluding carboxylic acids is 6. The lowest BCUT2D eigenvalue weighted by atomic mass is 10.0. The molecule has 6 rings (SSSR count). The van der Waals surface area contributed by atoms with Gasteiger partial charge in [0.2, 0.25) is 11.8 Å². The maximum Gasteiger partial charge on any atom is 0.408 e. The minimum Gasteiger partial charge on any atom is -0.444 e. The third-order valence-electron chi connectivity index (χ3n) is 10.4. The average molecular weight is 869 g/mol. The first-order valence-electron chi connectivity index (χ1n) is 21.5. The molecule has 0 saturated carbocycles. The van der Waals surface area contributed by atoms with Gasteiger partial charge in [0.05, 0.1) is 0 Å². The number of hydrogen-bond acceptors (Lipinski definition) is 8. The highest BCUT2D eigenvalue weighted by Crippen LogP contribution is 2.27. The van der Waals surface area contributed by atoms with Crippen LogP contribution in [0, 0.1) is 11.8 Å². The number of hydrogen-bond donors (Lipinski definition) is 4. The SMILES string of the molecule is CC(C)(C)OC(=O)N[C@@H](C(=O)N1CCC[C@H]1C(=O)Nc1ccc(C#Cc2ccc(NC(=O)[C@@H]3CCCN3C(=O)[C@H](NC(=O)OC(C)(C)C)c3ccccc3)cc2)cc1)c1ccccc1. The highest BCUT2D eigenvalue weighted by atomic mass is 16.6. The van der Waals surface area contributed by atoms with Crippen LogP contribution in [0.4, 0.5) is 21.0 Å². The molecule has 0 radical (unpaired) electrons. The van der Waals surface area contributed by atoms with E-state index in [0.717, 1.165) is 0 Å². The van der Waals surface area contributed by atoms with E-state index in [1.165, 1.54) is 9.80 Å². The summed E-state index contributed by atoms with van der Waals surface area (Å²) in [6.45, 7) is 11.2. The molecule has 2 heterocycles. The van der Waals surface area contributed by atoms with Crippen LogP contribution < -0.4 is 21.3 Å². The standard InChI is InChI=1S/C50H56N6O8/c1-49(2,3)63-47(61)53-41(35-15-9-7-10-16-35)45(59)55-31-13-19-39(55)43(57)51-37-27-23-33(24-28-37)21-22-34-25-29-38(30-26-34)52-44(58)40-20-14-32-56(40)46(60)42(36-17-11-8-12-18-36)54-48(62)64-50(4,5)6/h7-12,15-18,23-30,39-42H,13-14,19-20,31-32H2,1-6H3,(H,51,57)(H,52,58)(H,53,61)(H,54,62)/t39-,40-,41+,42+/m0/s1. The maximum absolute atomic E-state index is 13.9. The number of nitrogens with one attached hydrogen (secondary N) is 4. The highest BCUT2D eigenvalue weighted by molar-refractivity contribution is 6.00. The number of benzene rings is 4. The predicted octanol–water partition coefficient (Wildman–Crippen LogP) is 7.48. The van der Waals surface area contributed by atoms with Crippen LogP contribution >= 0.6 is 0 Å². The molecule has 2 aliphatic rings. The second-order valence-corrected chi connectivity index (χ2v) is 17.7. The van der Waals surface area contributed by atoms with Gasteiger partial charge in [0.25, 0.3) is 11.8 Å². The Balaban J connectivity index is 1.04. The first-order chi connectivity index (χ1) is 30.4. The van der Waals surface area contributed by atoms with Crippen molar-refractivity contribution in [3.8, 4) is 11.8 Å². The Bertz CT molecular complexity index is 2200. The minimum atomic E-state index is -1.03. The number of amides is 6. The fourth-order valence-electron chi connectivity index (χ4n) is 7.52. The molecule has 334 valence electrons. The molecule has 4 aromatic rings. The van der Waals surface area contributed by atoms with E-state index in [-0.39, 0.29) is 11.8 Å². The van der Waals surface area contributed by atoms with Crippen molar-refractivity contribution in [3.63, 3.8) is 0 Å². The first kappa shape index (κ1) is 46.4. The Morgan fingerprint density at radius 2 is 0.875 bits per heavy atom. The fraction of sp³-hybridized carbons (Fsp3) is 0.360. The van der Waals surface area contributed by atoms with Crippen molar-refractivity contribution in [3.05, 3.63) is 131 Å². The molecule has 6 amide bonds. The van der Waals surface area contributed by atoms with Crippen LogP contribution in [-0.2, 0) is 28.7 Å². The van der Waals surface area contributed by atoms with E-state index in [4.69, 9.17) is 9.47 Å². The lowest BCUT2D eigenvalue weighted by molar-refractivity contribution is -0.138. The monoisotopic (exact) mass is 868 g/mol. The summed E-state index contributed by atoms with van der Waals surface area (Å²) in [4.78, 5) is 83.5. The zero-order valence-corrected chi connectivity index (χ0v) is 37.1. The van der Waals surface area contributed by atoms with E-state index in [9.17, 15) is 28.8 Å². The molecule has 4 aromatic carbocycles. The molecule has 2 fully saturated rings. The van der Waals surface area contributed by atoms with Crippen molar-refractivity contribution in [1.82, 2.24) is 20.4 Å². The summed E-state index contributed by atoms with van der Waals surface area (Å²) in [7, 11) is 0. The lowest BCUT2D eigenvalue weighted by Gasteiger charge is -2.29. The summed E-state index contributed by atoms with van der Waals surface area (Å²) >= 11 is 0. The van der Waals surface area contributed by atoms with Crippen LogP contribution in [0.15, 0.2) is 109 Å². The van der Waals surface area contributed by atoms with Gasteiger partial charge in [0.1, 0.15) is 35.4 Å². The summed E-state index contributed by atoms with van der Waals surface area (Å²) in [6.07, 6.45) is 0.749. The Hall–Kier alpha value is -7.14. The van der Waals surface area contributed by atoms with E-state index in [0.29, 0.717) is 72.4 Å². The highest BCUT2D eigenvalue weighted by Gasteiger charge is 2.40. The number of alkyl carbamates (subject to hydrolysis) is 2. The Morgan fingerprint density at radius 3 is 1.20 bits per heavy atom. The van der Waals surface area contributed by atoms with Gasteiger partial charge in [-0.3, -0.25) is 19.2 Å². The lowest BCUT2D eigenvalue weighted by Crippen LogP contribution is -2.49. The van der Waals surface area contributed by atoms with Crippen LogP contribution in [0.1, 0.15) is 102 Å². The van der Waals surface area contributed by atoms with E-state index < -0.39 is 59.4 Å². The summed E-state index contributed by atoms with van der Waals surface area (Å²) in [6, 6.07) is 28.3. The van der Waals surface area contributed by atoms with Gasteiger partial charge < -0.3 is 40.5 Å². The summed E-state index contributed by atoms with van der Waals surface area (Å²) in [5, 5.41) is 11.3. The topological polar surface area (TPSA) is 175 Å². The normalized spacial score (nSPS) is 16.9. The van der Waals surface area contributed by atoms with Gasteiger partial charge in [-0.1, -0.05) is 72.5 Å². The first-order valence-corrected chi connectivity index (χ1v) is 21.5.